The summed E-state index contributed by atoms with van der Waals surface area (Å²) in [6.07, 6.45) is 5.89. The third kappa shape index (κ3) is 3.21. The molecule has 0 radical (unpaired) electrons. The van der Waals surface area contributed by atoms with Crippen molar-refractivity contribution < 1.29 is 5.11 Å². The molecule has 100 valence electrons. The van der Waals surface area contributed by atoms with E-state index in [0.29, 0.717) is 12.1 Å². The highest BCUT2D eigenvalue weighted by atomic mass is 16.3. The van der Waals surface area contributed by atoms with Crippen LogP contribution in [0.15, 0.2) is 0 Å². The van der Waals surface area contributed by atoms with Crippen molar-refractivity contribution in [3.05, 3.63) is 0 Å². The topological polar surface area (TPSA) is 26.7 Å². The Morgan fingerprint density at radius 3 is 2.35 bits per heavy atom. The largest absolute Gasteiger partial charge is 0.391 e. The summed E-state index contributed by atoms with van der Waals surface area (Å²) in [6, 6.07) is 1.16. The van der Waals surface area contributed by atoms with Crippen LogP contribution in [0.5, 0.6) is 0 Å². The molecule has 0 aromatic rings. The zero-order chi connectivity index (χ0) is 12.3. The first-order valence-electron chi connectivity index (χ1n) is 7.38. The highest BCUT2D eigenvalue weighted by molar-refractivity contribution is 4.86. The average Bonchev–Trinajstić information content (AvgIpc) is 2.39. The summed E-state index contributed by atoms with van der Waals surface area (Å²) in [7, 11) is 0. The third-order valence-corrected chi connectivity index (χ3v) is 4.73. The fourth-order valence-corrected chi connectivity index (χ4v) is 3.29. The van der Waals surface area contributed by atoms with E-state index in [1.54, 1.807) is 0 Å². The maximum absolute atomic E-state index is 10.1. The fraction of sp³-hybridized carbons (Fsp3) is 1.00. The van der Waals surface area contributed by atoms with Gasteiger partial charge in [-0.15, -0.1) is 0 Å². The lowest BCUT2D eigenvalue weighted by Gasteiger charge is -2.44. The van der Waals surface area contributed by atoms with E-state index in [1.165, 1.54) is 38.8 Å². The van der Waals surface area contributed by atoms with Gasteiger partial charge in [0, 0.05) is 38.3 Å². The number of rotatable bonds is 3. The quantitative estimate of drug-likeness (QED) is 0.813. The number of aliphatic hydroxyl groups is 1. The average molecular weight is 240 g/mol. The second-order valence-corrected chi connectivity index (χ2v) is 5.75. The molecule has 0 spiro atoms. The molecule has 2 fully saturated rings. The Labute approximate surface area is 106 Å². The van der Waals surface area contributed by atoms with Crippen molar-refractivity contribution in [3.63, 3.8) is 0 Å². The SMILES string of the molecule is CCC(C)N1CCN([C@H]2CCCC[C@@H]2O)CC1. The first-order valence-corrected chi connectivity index (χ1v) is 7.38. The Morgan fingerprint density at radius 1 is 1.12 bits per heavy atom. The fourth-order valence-electron chi connectivity index (χ4n) is 3.29. The molecule has 1 aliphatic carbocycles. The van der Waals surface area contributed by atoms with Gasteiger partial charge < -0.3 is 5.11 Å². The lowest BCUT2D eigenvalue weighted by Crippen LogP contribution is -2.55. The summed E-state index contributed by atoms with van der Waals surface area (Å²) < 4.78 is 0. The zero-order valence-electron chi connectivity index (χ0n) is 11.4. The molecule has 1 saturated heterocycles. The summed E-state index contributed by atoms with van der Waals surface area (Å²) in [5, 5.41) is 10.1. The van der Waals surface area contributed by atoms with Crippen LogP contribution in [0, 0.1) is 0 Å². The van der Waals surface area contributed by atoms with Crippen molar-refractivity contribution in [1.29, 1.82) is 0 Å². The Balaban J connectivity index is 1.81. The third-order valence-electron chi connectivity index (χ3n) is 4.73. The summed E-state index contributed by atoms with van der Waals surface area (Å²) in [4.78, 5) is 5.12. The van der Waals surface area contributed by atoms with E-state index in [1.807, 2.05) is 0 Å². The molecule has 0 amide bonds. The van der Waals surface area contributed by atoms with E-state index < -0.39 is 0 Å². The second-order valence-electron chi connectivity index (χ2n) is 5.75. The number of hydrogen-bond acceptors (Lipinski definition) is 3. The molecular weight excluding hydrogens is 212 g/mol. The summed E-state index contributed by atoms with van der Waals surface area (Å²) in [6.45, 7) is 9.24. The summed E-state index contributed by atoms with van der Waals surface area (Å²) in [5.74, 6) is 0. The summed E-state index contributed by atoms with van der Waals surface area (Å²) >= 11 is 0. The van der Waals surface area contributed by atoms with Crippen molar-refractivity contribution in [1.82, 2.24) is 9.80 Å². The van der Waals surface area contributed by atoms with E-state index in [9.17, 15) is 5.11 Å². The molecule has 3 heteroatoms. The van der Waals surface area contributed by atoms with Crippen LogP contribution >= 0.6 is 0 Å². The first kappa shape index (κ1) is 13.3. The van der Waals surface area contributed by atoms with Gasteiger partial charge in [0.15, 0.2) is 0 Å². The smallest absolute Gasteiger partial charge is 0.0695 e. The van der Waals surface area contributed by atoms with E-state index in [0.717, 1.165) is 19.5 Å². The standard InChI is InChI=1S/C14H28N2O/c1-3-12(2)15-8-10-16(11-9-15)13-6-4-5-7-14(13)17/h12-14,17H,3-11H2,1-2H3/t12?,13-,14-/m0/s1. The Bertz CT molecular complexity index is 226. The van der Waals surface area contributed by atoms with E-state index >= 15 is 0 Å². The van der Waals surface area contributed by atoms with Gasteiger partial charge in [-0.1, -0.05) is 19.8 Å². The predicted molar refractivity (Wildman–Crippen MR) is 71.2 cm³/mol. The van der Waals surface area contributed by atoms with Gasteiger partial charge in [-0.25, -0.2) is 0 Å². The summed E-state index contributed by atoms with van der Waals surface area (Å²) in [5.41, 5.74) is 0. The van der Waals surface area contributed by atoms with Crippen molar-refractivity contribution in [2.24, 2.45) is 0 Å². The monoisotopic (exact) mass is 240 g/mol. The molecule has 0 aromatic heterocycles. The molecule has 0 bridgehead atoms. The van der Waals surface area contributed by atoms with Crippen LogP contribution in [-0.2, 0) is 0 Å². The van der Waals surface area contributed by atoms with Crippen LogP contribution in [0.25, 0.3) is 0 Å². The van der Waals surface area contributed by atoms with E-state index in [2.05, 4.69) is 23.6 Å². The van der Waals surface area contributed by atoms with Gasteiger partial charge in [-0.3, -0.25) is 9.80 Å². The highest BCUT2D eigenvalue weighted by Crippen LogP contribution is 2.24. The van der Waals surface area contributed by atoms with Crippen LogP contribution in [0.2, 0.25) is 0 Å². The van der Waals surface area contributed by atoms with Crippen molar-refractivity contribution >= 4 is 0 Å². The maximum atomic E-state index is 10.1. The van der Waals surface area contributed by atoms with Crippen LogP contribution < -0.4 is 0 Å². The number of nitrogens with zero attached hydrogens (tertiary/aromatic N) is 2. The van der Waals surface area contributed by atoms with Crippen LogP contribution in [-0.4, -0.2) is 59.3 Å². The number of aliphatic hydroxyl groups excluding tert-OH is 1. The van der Waals surface area contributed by atoms with Gasteiger partial charge in [0.1, 0.15) is 0 Å². The Morgan fingerprint density at radius 2 is 1.76 bits per heavy atom. The van der Waals surface area contributed by atoms with Crippen LogP contribution in [0.3, 0.4) is 0 Å². The maximum Gasteiger partial charge on any atom is 0.0695 e. The molecule has 3 nitrogen and oxygen atoms in total. The Kier molecular flexibility index (Phi) is 4.83. The van der Waals surface area contributed by atoms with E-state index in [-0.39, 0.29) is 6.10 Å². The van der Waals surface area contributed by atoms with Gasteiger partial charge in [-0.2, -0.15) is 0 Å². The molecule has 3 atom stereocenters. The minimum atomic E-state index is -0.0705. The molecule has 0 aromatic carbocycles. The minimum Gasteiger partial charge on any atom is -0.391 e. The Hall–Kier alpha value is -0.120. The van der Waals surface area contributed by atoms with Crippen LogP contribution in [0.4, 0.5) is 0 Å². The number of hydrogen-bond donors (Lipinski definition) is 1. The van der Waals surface area contributed by atoms with Gasteiger partial charge >= 0.3 is 0 Å². The van der Waals surface area contributed by atoms with Gasteiger partial charge in [0.2, 0.25) is 0 Å². The molecule has 1 saturated carbocycles. The molecule has 1 N–H and O–H groups in total. The van der Waals surface area contributed by atoms with Crippen molar-refractivity contribution in [2.75, 3.05) is 26.2 Å². The molecule has 2 aliphatic rings. The first-order chi connectivity index (χ1) is 8.22. The molecule has 1 unspecified atom stereocenters. The number of piperazine rings is 1. The van der Waals surface area contributed by atoms with Gasteiger partial charge in [0.05, 0.1) is 6.10 Å². The van der Waals surface area contributed by atoms with Crippen molar-refractivity contribution in [3.8, 4) is 0 Å². The molecular formula is C14H28N2O. The minimum absolute atomic E-state index is 0.0705. The van der Waals surface area contributed by atoms with Gasteiger partial charge in [-0.05, 0) is 26.2 Å². The molecule has 1 aliphatic heterocycles. The molecule has 1 heterocycles. The molecule has 2 rings (SSSR count). The highest BCUT2D eigenvalue weighted by Gasteiger charge is 2.31. The van der Waals surface area contributed by atoms with Crippen LogP contribution in [0.1, 0.15) is 46.0 Å². The lowest BCUT2D eigenvalue weighted by molar-refractivity contribution is -0.00955. The second kappa shape index (κ2) is 6.17. The normalized spacial score (nSPS) is 34.8. The van der Waals surface area contributed by atoms with Gasteiger partial charge in [0.25, 0.3) is 0 Å². The lowest BCUT2D eigenvalue weighted by atomic mass is 9.91. The molecule has 17 heavy (non-hydrogen) atoms. The predicted octanol–water partition coefficient (Wildman–Crippen LogP) is 1.71. The van der Waals surface area contributed by atoms with E-state index in [4.69, 9.17) is 0 Å². The zero-order valence-corrected chi connectivity index (χ0v) is 11.4. The van der Waals surface area contributed by atoms with Crippen molar-refractivity contribution in [2.45, 2.75) is 64.1 Å².